The van der Waals surface area contributed by atoms with Gasteiger partial charge >= 0.3 is 0 Å². The molecule has 7 nitrogen and oxygen atoms in total. The zero-order chi connectivity index (χ0) is 15.5. The Bertz CT molecular complexity index is 570. The molecule has 2 N–H and O–H groups in total. The fourth-order valence-electron chi connectivity index (χ4n) is 2.38. The first kappa shape index (κ1) is 16.4. The molecule has 1 aliphatic rings. The molecular formula is C13H24N4O3S. The Morgan fingerprint density at radius 1 is 1.48 bits per heavy atom. The number of hydrogen-bond acceptors (Lipinski definition) is 5. The van der Waals surface area contributed by atoms with E-state index in [1.165, 1.54) is 4.31 Å². The Morgan fingerprint density at radius 3 is 2.90 bits per heavy atom. The monoisotopic (exact) mass is 316 g/mol. The third-order valence-corrected chi connectivity index (χ3v) is 5.57. The van der Waals surface area contributed by atoms with E-state index in [0.29, 0.717) is 26.2 Å². The Labute approximate surface area is 126 Å². The van der Waals surface area contributed by atoms with Gasteiger partial charge in [-0.1, -0.05) is 13.8 Å². The maximum absolute atomic E-state index is 12.8. The predicted octanol–water partition coefficient (Wildman–Crippen LogP) is 0.627. The number of aromatic amines is 1. The summed E-state index contributed by atoms with van der Waals surface area (Å²) in [4.78, 5) is 0. The zero-order valence-corrected chi connectivity index (χ0v) is 13.7. The van der Waals surface area contributed by atoms with Crippen LogP contribution in [0, 0.1) is 6.92 Å². The van der Waals surface area contributed by atoms with Gasteiger partial charge in [-0.2, -0.15) is 9.40 Å². The van der Waals surface area contributed by atoms with Crippen LogP contribution in [-0.2, 0) is 21.3 Å². The molecule has 2 rings (SSSR count). The van der Waals surface area contributed by atoms with Gasteiger partial charge in [0.05, 0.1) is 12.7 Å². The summed E-state index contributed by atoms with van der Waals surface area (Å²) in [7, 11) is -3.57. The average molecular weight is 316 g/mol. The van der Waals surface area contributed by atoms with Gasteiger partial charge in [-0.3, -0.25) is 5.10 Å². The summed E-state index contributed by atoms with van der Waals surface area (Å²) in [5.41, 5.74) is 1.51. The molecule has 0 radical (unpaired) electrons. The molecule has 21 heavy (non-hydrogen) atoms. The van der Waals surface area contributed by atoms with E-state index in [1.807, 2.05) is 20.8 Å². The molecule has 1 aromatic heterocycles. The van der Waals surface area contributed by atoms with Crippen LogP contribution in [-0.4, -0.2) is 55.3 Å². The van der Waals surface area contributed by atoms with Crippen molar-refractivity contribution in [2.75, 3.05) is 26.2 Å². The maximum Gasteiger partial charge on any atom is 0.262 e. The van der Waals surface area contributed by atoms with Gasteiger partial charge in [0.25, 0.3) is 10.0 Å². The van der Waals surface area contributed by atoms with Gasteiger partial charge in [-0.05, 0) is 19.9 Å². The van der Waals surface area contributed by atoms with E-state index in [4.69, 9.17) is 4.74 Å². The summed E-state index contributed by atoms with van der Waals surface area (Å²) >= 11 is 0. The number of H-pyrrole nitrogens is 1. The van der Waals surface area contributed by atoms with Gasteiger partial charge in [0.15, 0.2) is 5.03 Å². The van der Waals surface area contributed by atoms with E-state index in [-0.39, 0.29) is 11.1 Å². The fraction of sp³-hybridized carbons (Fsp3) is 0.769. The van der Waals surface area contributed by atoms with Crippen LogP contribution < -0.4 is 5.32 Å². The highest BCUT2D eigenvalue weighted by atomic mass is 32.2. The van der Waals surface area contributed by atoms with Crippen molar-refractivity contribution in [1.82, 2.24) is 19.8 Å². The molecule has 1 fully saturated rings. The summed E-state index contributed by atoms with van der Waals surface area (Å²) in [5.74, 6) is 0. The minimum atomic E-state index is -3.57. The van der Waals surface area contributed by atoms with Crippen LogP contribution in [0.15, 0.2) is 5.03 Å². The third-order valence-electron chi connectivity index (χ3n) is 3.73. The zero-order valence-electron chi connectivity index (χ0n) is 12.8. The van der Waals surface area contributed by atoms with Crippen LogP contribution in [0.4, 0.5) is 0 Å². The highest BCUT2D eigenvalue weighted by Gasteiger charge is 2.34. The number of rotatable bonds is 6. The van der Waals surface area contributed by atoms with Crippen LogP contribution in [0.2, 0.25) is 0 Å². The van der Waals surface area contributed by atoms with Gasteiger partial charge < -0.3 is 10.1 Å². The molecule has 0 aromatic carbocycles. The van der Waals surface area contributed by atoms with Gasteiger partial charge in [0.1, 0.15) is 0 Å². The molecule has 0 saturated carbocycles. The largest absolute Gasteiger partial charge is 0.375 e. The lowest BCUT2D eigenvalue weighted by molar-refractivity contribution is -0.00286. The van der Waals surface area contributed by atoms with Crippen LogP contribution in [0.5, 0.6) is 0 Å². The Morgan fingerprint density at radius 2 is 2.24 bits per heavy atom. The van der Waals surface area contributed by atoms with Crippen molar-refractivity contribution in [2.24, 2.45) is 0 Å². The van der Waals surface area contributed by atoms with Crippen molar-refractivity contribution >= 4 is 10.0 Å². The summed E-state index contributed by atoms with van der Waals surface area (Å²) in [6.45, 7) is 8.30. The highest BCUT2D eigenvalue weighted by Crippen LogP contribution is 2.22. The van der Waals surface area contributed by atoms with Crippen LogP contribution >= 0.6 is 0 Å². The molecule has 0 spiro atoms. The first-order valence-electron chi connectivity index (χ1n) is 7.37. The predicted molar refractivity (Wildman–Crippen MR) is 79.5 cm³/mol. The summed E-state index contributed by atoms with van der Waals surface area (Å²) in [6.07, 6.45) is 0.765. The van der Waals surface area contributed by atoms with Crippen molar-refractivity contribution in [3.05, 3.63) is 11.3 Å². The summed E-state index contributed by atoms with van der Waals surface area (Å²) < 4.78 is 32.6. The highest BCUT2D eigenvalue weighted by molar-refractivity contribution is 7.89. The van der Waals surface area contributed by atoms with Crippen LogP contribution in [0.25, 0.3) is 0 Å². The van der Waals surface area contributed by atoms with Gasteiger partial charge in [-0.15, -0.1) is 0 Å². The van der Waals surface area contributed by atoms with E-state index in [9.17, 15) is 8.42 Å². The number of aryl methyl sites for hydroxylation is 1. The van der Waals surface area contributed by atoms with Crippen molar-refractivity contribution in [3.63, 3.8) is 0 Å². The van der Waals surface area contributed by atoms with Crippen LogP contribution in [0.1, 0.15) is 31.5 Å². The Balaban J connectivity index is 2.27. The number of ether oxygens (including phenoxy) is 1. The van der Waals surface area contributed by atoms with E-state index >= 15 is 0 Å². The summed E-state index contributed by atoms with van der Waals surface area (Å²) in [6, 6.07) is 0. The number of nitrogens with one attached hydrogen (secondary N) is 2. The number of hydrogen-bond donors (Lipinski definition) is 2. The van der Waals surface area contributed by atoms with Crippen molar-refractivity contribution in [2.45, 2.75) is 44.9 Å². The number of morpholine rings is 1. The molecule has 0 aliphatic carbocycles. The number of sulfonamides is 1. The number of aromatic nitrogens is 2. The minimum absolute atomic E-state index is 0.0363. The van der Waals surface area contributed by atoms with Gasteiger partial charge in [0.2, 0.25) is 0 Å². The molecule has 0 amide bonds. The lowest BCUT2D eigenvalue weighted by Gasteiger charge is -2.31. The van der Waals surface area contributed by atoms with Gasteiger partial charge in [0, 0.05) is 30.9 Å². The molecule has 1 aromatic rings. The molecule has 2 heterocycles. The van der Waals surface area contributed by atoms with Crippen molar-refractivity contribution in [1.29, 1.82) is 0 Å². The lowest BCUT2D eigenvalue weighted by Crippen LogP contribution is -2.45. The normalized spacial score (nSPS) is 20.8. The second-order valence-electron chi connectivity index (χ2n) is 5.18. The Hall–Kier alpha value is -0.960. The molecule has 120 valence electrons. The molecule has 8 heteroatoms. The van der Waals surface area contributed by atoms with Crippen molar-refractivity contribution in [3.8, 4) is 0 Å². The average Bonchev–Trinajstić information content (AvgIpc) is 2.86. The standard InChI is InChI=1S/C13H24N4O3S/c1-4-11-9-17(6-7-20-11)21(18,19)13-12(8-14-5-2)10(3)15-16-13/h11,14H,4-9H2,1-3H3,(H,15,16). The second kappa shape index (κ2) is 6.87. The van der Waals surface area contributed by atoms with Crippen molar-refractivity contribution < 1.29 is 13.2 Å². The quantitative estimate of drug-likeness (QED) is 0.803. The molecule has 1 saturated heterocycles. The minimum Gasteiger partial charge on any atom is -0.375 e. The fourth-order valence-corrected chi connectivity index (χ4v) is 4.00. The first-order valence-corrected chi connectivity index (χ1v) is 8.81. The second-order valence-corrected chi connectivity index (χ2v) is 7.03. The number of nitrogens with zero attached hydrogens (tertiary/aromatic N) is 2. The van der Waals surface area contributed by atoms with Gasteiger partial charge in [-0.25, -0.2) is 8.42 Å². The van der Waals surface area contributed by atoms with E-state index in [2.05, 4.69) is 15.5 Å². The topological polar surface area (TPSA) is 87.3 Å². The lowest BCUT2D eigenvalue weighted by atomic mass is 10.2. The summed E-state index contributed by atoms with van der Waals surface area (Å²) in [5, 5.41) is 10.1. The van der Waals surface area contributed by atoms with E-state index in [1.54, 1.807) is 0 Å². The first-order chi connectivity index (χ1) is 10.0. The molecule has 1 atom stereocenters. The molecule has 1 unspecified atom stereocenters. The smallest absolute Gasteiger partial charge is 0.262 e. The maximum atomic E-state index is 12.8. The third kappa shape index (κ3) is 3.45. The SMILES string of the molecule is CCNCc1c(S(=O)(=O)N2CCOC(CC)C2)n[nH]c1C. The van der Waals surface area contributed by atoms with E-state index in [0.717, 1.165) is 24.2 Å². The molecular weight excluding hydrogens is 292 g/mol. The molecule has 0 bridgehead atoms. The van der Waals surface area contributed by atoms with E-state index < -0.39 is 10.0 Å². The van der Waals surface area contributed by atoms with Crippen LogP contribution in [0.3, 0.4) is 0 Å². The molecule has 1 aliphatic heterocycles. The Kier molecular flexibility index (Phi) is 5.37.